The molecule has 0 fully saturated rings. The molecule has 2 heteroatoms. The third kappa shape index (κ3) is 3.21. The molecular weight excluding hydrogens is 140 g/mol. The van der Waals surface area contributed by atoms with Gasteiger partial charge in [-0.25, -0.2) is 0 Å². The summed E-state index contributed by atoms with van der Waals surface area (Å²) < 4.78 is 10.4. The van der Waals surface area contributed by atoms with Gasteiger partial charge in [0, 0.05) is 7.11 Å². The van der Waals surface area contributed by atoms with E-state index in [2.05, 4.69) is 34.6 Å². The van der Waals surface area contributed by atoms with Gasteiger partial charge in [0.25, 0.3) is 0 Å². The quantitative estimate of drug-likeness (QED) is 0.590. The van der Waals surface area contributed by atoms with E-state index in [0.717, 1.165) is 0 Å². The predicted molar refractivity (Wildman–Crippen MR) is 46.5 cm³/mol. The monoisotopic (exact) mass is 160 g/mol. The molecular formula is C9H20O2. The Hall–Kier alpha value is -0.0800. The van der Waals surface area contributed by atoms with Crippen LogP contribution in [0.2, 0.25) is 0 Å². The van der Waals surface area contributed by atoms with Crippen molar-refractivity contribution in [3.63, 3.8) is 0 Å². The Balaban J connectivity index is 4.00. The lowest BCUT2D eigenvalue weighted by Gasteiger charge is -2.38. The van der Waals surface area contributed by atoms with Gasteiger partial charge in [0.15, 0.2) is 0 Å². The maximum Gasteiger partial charge on any atom is 0.147 e. The summed E-state index contributed by atoms with van der Waals surface area (Å²) in [5.74, 6) is 0. The minimum absolute atomic E-state index is 0.136. The molecule has 0 aromatic rings. The molecule has 0 aliphatic heterocycles. The fourth-order valence-corrected chi connectivity index (χ4v) is 0.423. The maximum absolute atomic E-state index is 5.52. The number of ether oxygens (including phenoxy) is 2. The average Bonchev–Trinajstić information content (AvgIpc) is 1.81. The van der Waals surface area contributed by atoms with E-state index in [1.165, 1.54) is 0 Å². The smallest absolute Gasteiger partial charge is 0.147 e. The molecule has 0 saturated carbocycles. The molecule has 11 heavy (non-hydrogen) atoms. The summed E-state index contributed by atoms with van der Waals surface area (Å²) in [6.07, 6.45) is 0. The molecule has 0 rings (SSSR count). The van der Waals surface area contributed by atoms with Crippen molar-refractivity contribution in [2.45, 2.75) is 40.2 Å². The Morgan fingerprint density at radius 2 is 1.45 bits per heavy atom. The zero-order chi connectivity index (χ0) is 9.12. The van der Waals surface area contributed by atoms with Crippen LogP contribution in [0.25, 0.3) is 0 Å². The summed E-state index contributed by atoms with van der Waals surface area (Å²) in [5.41, 5.74) is 0.00847. The second kappa shape index (κ2) is 3.55. The fourth-order valence-electron chi connectivity index (χ4n) is 0.423. The van der Waals surface area contributed by atoms with E-state index in [-0.39, 0.29) is 11.0 Å². The summed E-state index contributed by atoms with van der Waals surface area (Å²) in [6.45, 7) is 11.0. The van der Waals surface area contributed by atoms with E-state index in [9.17, 15) is 0 Å². The molecule has 0 aliphatic carbocycles. The first-order valence-corrected chi connectivity index (χ1v) is 3.94. The second-order valence-corrected chi connectivity index (χ2v) is 4.31. The van der Waals surface area contributed by atoms with Crippen molar-refractivity contribution in [3.05, 3.63) is 0 Å². The van der Waals surface area contributed by atoms with Crippen molar-refractivity contribution < 1.29 is 9.47 Å². The highest BCUT2D eigenvalue weighted by Gasteiger charge is 2.33. The van der Waals surface area contributed by atoms with Crippen molar-refractivity contribution in [2.75, 3.05) is 13.9 Å². The Labute approximate surface area is 69.9 Å². The van der Waals surface area contributed by atoms with Crippen LogP contribution in [0, 0.1) is 5.41 Å². The van der Waals surface area contributed by atoms with Gasteiger partial charge in [0.1, 0.15) is 6.79 Å². The average molecular weight is 160 g/mol. The predicted octanol–water partition coefficient (Wildman–Crippen LogP) is 2.43. The molecule has 0 unspecified atom stereocenters. The summed E-state index contributed by atoms with van der Waals surface area (Å²) in [7, 11) is 1.64. The zero-order valence-corrected chi connectivity index (χ0v) is 8.52. The number of hydrogen-bond donors (Lipinski definition) is 0. The molecule has 0 heterocycles. The van der Waals surface area contributed by atoms with E-state index < -0.39 is 0 Å². The largest absolute Gasteiger partial charge is 0.359 e. The van der Waals surface area contributed by atoms with Crippen molar-refractivity contribution >= 4 is 0 Å². The third-order valence-electron chi connectivity index (χ3n) is 2.34. The van der Waals surface area contributed by atoms with Gasteiger partial charge in [-0.2, -0.15) is 0 Å². The lowest BCUT2D eigenvalue weighted by Crippen LogP contribution is -2.39. The lowest BCUT2D eigenvalue weighted by atomic mass is 9.79. The van der Waals surface area contributed by atoms with Crippen molar-refractivity contribution in [1.82, 2.24) is 0 Å². The Morgan fingerprint density at radius 1 is 1.00 bits per heavy atom. The van der Waals surface area contributed by atoms with E-state index in [4.69, 9.17) is 9.47 Å². The molecule has 0 aromatic carbocycles. The van der Waals surface area contributed by atoms with Gasteiger partial charge >= 0.3 is 0 Å². The summed E-state index contributed by atoms with van der Waals surface area (Å²) in [6, 6.07) is 0. The molecule has 0 aromatic heterocycles. The molecule has 68 valence electrons. The summed E-state index contributed by atoms with van der Waals surface area (Å²) >= 11 is 0. The standard InChI is InChI=1S/C9H20O2/c1-8(2,3)9(4,5)11-7-10-6/h7H2,1-6H3. The molecule has 0 spiro atoms. The van der Waals surface area contributed by atoms with Crippen LogP contribution in [0.4, 0.5) is 0 Å². The van der Waals surface area contributed by atoms with Gasteiger partial charge in [-0.3, -0.25) is 0 Å². The van der Waals surface area contributed by atoms with Crippen LogP contribution < -0.4 is 0 Å². The van der Waals surface area contributed by atoms with E-state index in [0.29, 0.717) is 6.79 Å². The number of rotatable bonds is 3. The van der Waals surface area contributed by atoms with E-state index in [1.807, 2.05) is 0 Å². The lowest BCUT2D eigenvalue weighted by molar-refractivity contribution is -0.157. The van der Waals surface area contributed by atoms with Crippen molar-refractivity contribution in [2.24, 2.45) is 5.41 Å². The van der Waals surface area contributed by atoms with Crippen LogP contribution in [0.15, 0.2) is 0 Å². The van der Waals surface area contributed by atoms with Gasteiger partial charge in [-0.1, -0.05) is 20.8 Å². The first kappa shape index (κ1) is 10.9. The summed E-state index contributed by atoms with van der Waals surface area (Å²) in [5, 5.41) is 0. The highest BCUT2D eigenvalue weighted by molar-refractivity contribution is 4.83. The topological polar surface area (TPSA) is 18.5 Å². The maximum atomic E-state index is 5.52. The first-order chi connectivity index (χ1) is 4.81. The van der Waals surface area contributed by atoms with Crippen molar-refractivity contribution in [3.8, 4) is 0 Å². The van der Waals surface area contributed by atoms with Gasteiger partial charge < -0.3 is 9.47 Å². The normalized spacial score (nSPS) is 13.6. The summed E-state index contributed by atoms with van der Waals surface area (Å²) in [4.78, 5) is 0. The molecule has 2 nitrogen and oxygen atoms in total. The zero-order valence-electron chi connectivity index (χ0n) is 8.52. The molecule has 0 atom stereocenters. The van der Waals surface area contributed by atoms with Crippen LogP contribution in [0.5, 0.6) is 0 Å². The van der Waals surface area contributed by atoms with Gasteiger partial charge in [-0.15, -0.1) is 0 Å². The van der Waals surface area contributed by atoms with Crippen molar-refractivity contribution in [1.29, 1.82) is 0 Å². The Bertz CT molecular complexity index is 111. The van der Waals surface area contributed by atoms with Crippen LogP contribution >= 0.6 is 0 Å². The minimum atomic E-state index is -0.136. The molecule has 0 N–H and O–H groups in total. The number of methoxy groups -OCH3 is 1. The van der Waals surface area contributed by atoms with Gasteiger partial charge in [0.2, 0.25) is 0 Å². The first-order valence-electron chi connectivity index (χ1n) is 3.94. The number of hydrogen-bond acceptors (Lipinski definition) is 2. The van der Waals surface area contributed by atoms with E-state index in [1.54, 1.807) is 7.11 Å². The van der Waals surface area contributed by atoms with Crippen LogP contribution in [-0.4, -0.2) is 19.5 Å². The third-order valence-corrected chi connectivity index (χ3v) is 2.34. The highest BCUT2D eigenvalue weighted by atomic mass is 16.7. The van der Waals surface area contributed by atoms with Crippen LogP contribution in [0.3, 0.4) is 0 Å². The SMILES string of the molecule is COCOC(C)(C)C(C)(C)C. The Morgan fingerprint density at radius 3 is 1.73 bits per heavy atom. The molecule has 0 bridgehead atoms. The fraction of sp³-hybridized carbons (Fsp3) is 1.00. The highest BCUT2D eigenvalue weighted by Crippen LogP contribution is 2.32. The molecule has 0 amide bonds. The molecule has 0 aliphatic rings. The molecule has 0 radical (unpaired) electrons. The minimum Gasteiger partial charge on any atom is -0.359 e. The van der Waals surface area contributed by atoms with E-state index >= 15 is 0 Å². The van der Waals surface area contributed by atoms with Crippen LogP contribution in [-0.2, 0) is 9.47 Å². The molecule has 0 saturated heterocycles. The van der Waals surface area contributed by atoms with Crippen LogP contribution in [0.1, 0.15) is 34.6 Å². The van der Waals surface area contributed by atoms with Gasteiger partial charge in [0.05, 0.1) is 5.60 Å². The van der Waals surface area contributed by atoms with Gasteiger partial charge in [-0.05, 0) is 19.3 Å². The second-order valence-electron chi connectivity index (χ2n) is 4.31. The Kier molecular flexibility index (Phi) is 3.52.